The van der Waals surface area contributed by atoms with E-state index in [0.717, 1.165) is 53.3 Å². The number of aromatic amines is 1. The number of ether oxygens (including phenoxy) is 1. The number of fused-ring (bicyclic) bond motifs is 2. The van der Waals surface area contributed by atoms with Gasteiger partial charge in [-0.05, 0) is 65.1 Å². The Morgan fingerprint density at radius 3 is 2.90 bits per heavy atom. The van der Waals surface area contributed by atoms with Crippen LogP contribution in [-0.2, 0) is 24.4 Å². The molecule has 2 aromatic heterocycles. The van der Waals surface area contributed by atoms with Crippen molar-refractivity contribution >= 4 is 22.8 Å². The average Bonchev–Trinajstić information content (AvgIpc) is 3.54. The van der Waals surface area contributed by atoms with Crippen LogP contribution in [-0.4, -0.2) is 31.7 Å². The number of aliphatic hydroxyl groups excluding tert-OH is 1. The number of ketones is 1. The van der Waals surface area contributed by atoms with Crippen LogP contribution in [0.5, 0.6) is 11.5 Å². The number of nitrogens with one attached hydrogen (secondary N) is 2. The summed E-state index contributed by atoms with van der Waals surface area (Å²) in [5.41, 5.74) is 12.8. The molecule has 41 heavy (non-hydrogen) atoms. The number of aromatic nitrogens is 2. The maximum atomic E-state index is 12.4. The minimum absolute atomic E-state index is 0.0503. The number of rotatable bonds is 14. The molecule has 216 valence electrons. The lowest BCUT2D eigenvalue weighted by Crippen LogP contribution is -2.27. The summed E-state index contributed by atoms with van der Waals surface area (Å²) in [6.45, 7) is 2.35. The van der Waals surface area contributed by atoms with E-state index in [-0.39, 0.29) is 30.9 Å². The molecule has 3 heterocycles. The molecule has 0 aliphatic carbocycles. The van der Waals surface area contributed by atoms with Crippen molar-refractivity contribution in [1.29, 1.82) is 0 Å². The van der Waals surface area contributed by atoms with E-state index in [4.69, 9.17) is 10.5 Å². The third-order valence-electron chi connectivity index (χ3n) is 7.79. The van der Waals surface area contributed by atoms with E-state index in [9.17, 15) is 15.0 Å². The minimum Gasteiger partial charge on any atom is -0.504 e. The lowest BCUT2D eigenvalue weighted by Gasteiger charge is -2.22. The van der Waals surface area contributed by atoms with Crippen LogP contribution in [0.4, 0.5) is 0 Å². The number of unbranched alkanes of at least 4 members (excludes halogenated alkanes) is 2. The third kappa shape index (κ3) is 7.01. The summed E-state index contributed by atoms with van der Waals surface area (Å²) < 4.78 is 7.92. The third-order valence-corrected chi connectivity index (χ3v) is 7.79. The second kappa shape index (κ2) is 13.1. The maximum Gasteiger partial charge on any atom is 0.165 e. The van der Waals surface area contributed by atoms with E-state index in [1.807, 2.05) is 35.4 Å². The largest absolute Gasteiger partial charge is 0.504 e. The second-order valence-corrected chi connectivity index (χ2v) is 11.0. The first-order chi connectivity index (χ1) is 19.9. The van der Waals surface area contributed by atoms with Gasteiger partial charge in [-0.1, -0.05) is 50.5 Å². The van der Waals surface area contributed by atoms with Gasteiger partial charge < -0.3 is 35.6 Å². The van der Waals surface area contributed by atoms with E-state index >= 15 is 0 Å². The number of benzene rings is 2. The monoisotopic (exact) mass is 556 g/mol. The van der Waals surface area contributed by atoms with Gasteiger partial charge in [-0.3, -0.25) is 4.79 Å². The summed E-state index contributed by atoms with van der Waals surface area (Å²) in [5.74, 6) is 0.480. The Hall–Kier alpha value is -4.01. The molecule has 0 saturated carbocycles. The van der Waals surface area contributed by atoms with Gasteiger partial charge in [0.15, 0.2) is 18.2 Å². The molecule has 2 atom stereocenters. The first-order valence-corrected chi connectivity index (χ1v) is 14.5. The predicted molar refractivity (Wildman–Crippen MR) is 161 cm³/mol. The number of hydrogen-bond donors (Lipinski definition) is 5. The fourth-order valence-electron chi connectivity index (χ4n) is 5.49. The summed E-state index contributed by atoms with van der Waals surface area (Å²) in [6, 6.07) is 11.4. The van der Waals surface area contributed by atoms with Crippen LogP contribution in [0.15, 0.2) is 61.2 Å². The number of carbonyl (C=O) groups excluding carboxylic acids is 1. The van der Waals surface area contributed by atoms with Gasteiger partial charge >= 0.3 is 0 Å². The quantitative estimate of drug-likeness (QED) is 0.128. The Morgan fingerprint density at radius 1 is 1.17 bits per heavy atom. The van der Waals surface area contributed by atoms with Gasteiger partial charge in [0, 0.05) is 43.2 Å². The highest BCUT2D eigenvalue weighted by molar-refractivity contribution is 5.83. The highest BCUT2D eigenvalue weighted by atomic mass is 16.5. The van der Waals surface area contributed by atoms with Crippen LogP contribution in [0.25, 0.3) is 17.0 Å². The van der Waals surface area contributed by atoms with Gasteiger partial charge in [-0.25, -0.2) is 0 Å². The lowest BCUT2D eigenvalue weighted by atomic mass is 9.93. The fourth-order valence-corrected chi connectivity index (χ4v) is 5.49. The summed E-state index contributed by atoms with van der Waals surface area (Å²) in [7, 11) is 0. The zero-order valence-electron chi connectivity index (χ0n) is 23.6. The Balaban J connectivity index is 1.19. The molecule has 4 aromatic rings. The molecule has 1 aliphatic rings. The first-order valence-electron chi connectivity index (χ1n) is 14.5. The first kappa shape index (κ1) is 28.5. The predicted octanol–water partition coefficient (Wildman–Crippen LogP) is 5.67. The van der Waals surface area contributed by atoms with Crippen LogP contribution in [0, 0.1) is 0 Å². The molecule has 0 radical (unpaired) electrons. The number of carbonyl (C=O) groups is 1. The zero-order chi connectivity index (χ0) is 28.8. The van der Waals surface area contributed by atoms with Gasteiger partial charge in [-0.15, -0.1) is 0 Å². The average molecular weight is 557 g/mol. The van der Waals surface area contributed by atoms with E-state index in [0.29, 0.717) is 25.0 Å². The van der Waals surface area contributed by atoms with Crippen LogP contribution in [0.3, 0.4) is 0 Å². The van der Waals surface area contributed by atoms with Crippen LogP contribution >= 0.6 is 0 Å². The van der Waals surface area contributed by atoms with E-state index in [1.165, 1.54) is 11.1 Å². The Labute approximate surface area is 240 Å². The highest BCUT2D eigenvalue weighted by Crippen LogP contribution is 2.30. The van der Waals surface area contributed by atoms with Crippen molar-refractivity contribution in [3.63, 3.8) is 0 Å². The van der Waals surface area contributed by atoms with Crippen molar-refractivity contribution in [2.45, 2.75) is 77.3 Å². The number of aromatic hydroxyl groups is 1. The van der Waals surface area contributed by atoms with Crippen molar-refractivity contribution in [2.75, 3.05) is 0 Å². The molecule has 8 heteroatoms. The Kier molecular flexibility index (Phi) is 9.11. The number of nitrogens with zero attached hydrogens (tertiary/aromatic N) is 1. The van der Waals surface area contributed by atoms with E-state index < -0.39 is 6.10 Å². The van der Waals surface area contributed by atoms with Gasteiger partial charge in [0.05, 0.1) is 11.6 Å². The topological polar surface area (TPSA) is 126 Å². The number of aryl methyl sites for hydroxylation is 1. The van der Waals surface area contributed by atoms with E-state index in [1.54, 1.807) is 18.2 Å². The van der Waals surface area contributed by atoms with E-state index in [2.05, 4.69) is 35.4 Å². The molecule has 0 saturated heterocycles. The highest BCUT2D eigenvalue weighted by Gasteiger charge is 2.17. The van der Waals surface area contributed by atoms with Crippen LogP contribution in [0.1, 0.15) is 79.4 Å². The molecule has 0 bridgehead atoms. The molecule has 0 amide bonds. The number of H-pyrrole nitrogens is 1. The molecule has 2 unspecified atom stereocenters. The van der Waals surface area contributed by atoms with Crippen molar-refractivity contribution in [3.8, 4) is 11.5 Å². The normalized spacial score (nSPS) is 15.0. The zero-order valence-corrected chi connectivity index (χ0v) is 23.6. The van der Waals surface area contributed by atoms with Crippen molar-refractivity contribution in [1.82, 2.24) is 14.9 Å². The summed E-state index contributed by atoms with van der Waals surface area (Å²) in [4.78, 5) is 15.7. The van der Waals surface area contributed by atoms with Crippen molar-refractivity contribution in [3.05, 3.63) is 89.0 Å². The van der Waals surface area contributed by atoms with Crippen molar-refractivity contribution < 1.29 is 19.7 Å². The molecule has 0 fully saturated rings. The number of aliphatic hydroxyl groups is 1. The molecular formula is C33H40N4O4. The van der Waals surface area contributed by atoms with Gasteiger partial charge in [0.1, 0.15) is 11.9 Å². The molecule has 0 spiro atoms. The smallest absolute Gasteiger partial charge is 0.165 e. The number of hydrogen-bond acceptors (Lipinski definition) is 6. The standard InChI is InChI=1S/C33H40N4O4/c1-2-3-4-7-25(38)17-26(39)11-9-22-10-12-31(40)32(15-22)41-21-37-19-29-24(18-36-30(29)20-37)16-23-6-5-8-28-27(23)13-14-35-33(28)34/h5-6,8,10,12-15,18-20,25,33,35-36,38,40H,2-4,7,9,11,16-17,21,34H2,1H3. The number of nitrogens with two attached hydrogens (primary N) is 1. The number of Topliss-reactive ketones (excluding diaryl/α,β-unsaturated/α-hetero) is 1. The van der Waals surface area contributed by atoms with Gasteiger partial charge in [0.2, 0.25) is 0 Å². The Bertz CT molecular complexity index is 1520. The van der Waals surface area contributed by atoms with Gasteiger partial charge in [0.25, 0.3) is 0 Å². The lowest BCUT2D eigenvalue weighted by molar-refractivity contribution is -0.121. The fraction of sp³-hybridized carbons (Fsp3) is 0.364. The molecule has 2 aromatic carbocycles. The SMILES string of the molecule is CCCCCC(O)CC(=O)CCc1ccc(O)c(OCn2cc3[nH]cc(Cc4cccc5c4C=CNC5N)c3c2)c1. The number of phenols is 1. The van der Waals surface area contributed by atoms with Crippen LogP contribution in [0.2, 0.25) is 0 Å². The summed E-state index contributed by atoms with van der Waals surface area (Å²) in [6.07, 6.45) is 14.9. The van der Waals surface area contributed by atoms with Gasteiger partial charge in [-0.2, -0.15) is 0 Å². The maximum absolute atomic E-state index is 12.4. The molecular weight excluding hydrogens is 516 g/mol. The minimum atomic E-state index is -0.564. The Morgan fingerprint density at radius 2 is 2.05 bits per heavy atom. The number of phenolic OH excluding ortho intramolecular Hbond substituents is 1. The second-order valence-electron chi connectivity index (χ2n) is 11.0. The molecule has 1 aliphatic heterocycles. The van der Waals surface area contributed by atoms with Crippen LogP contribution < -0.4 is 15.8 Å². The summed E-state index contributed by atoms with van der Waals surface area (Å²) >= 11 is 0. The summed E-state index contributed by atoms with van der Waals surface area (Å²) in [5, 5.41) is 24.7. The molecule has 8 nitrogen and oxygen atoms in total. The molecule has 5 rings (SSSR count). The van der Waals surface area contributed by atoms with Crippen molar-refractivity contribution in [2.24, 2.45) is 5.73 Å². The molecule has 6 N–H and O–H groups in total.